The van der Waals surface area contributed by atoms with Crippen LogP contribution >= 0.6 is 0 Å². The van der Waals surface area contributed by atoms with E-state index in [9.17, 15) is 13.2 Å². The van der Waals surface area contributed by atoms with E-state index < -0.39 is 21.2 Å². The molecule has 0 bridgehead atoms. The van der Waals surface area contributed by atoms with Crippen LogP contribution in [0.5, 0.6) is 0 Å². The fourth-order valence-corrected chi connectivity index (χ4v) is 5.01. The van der Waals surface area contributed by atoms with Crippen molar-refractivity contribution in [2.45, 2.75) is 37.9 Å². The topological polar surface area (TPSA) is 63.7 Å². The van der Waals surface area contributed by atoms with E-state index in [2.05, 4.69) is 6.92 Å². The minimum absolute atomic E-state index is 0.390. The zero-order chi connectivity index (χ0) is 14.2. The van der Waals surface area contributed by atoms with Gasteiger partial charge in [-0.3, -0.25) is 4.79 Å². The lowest BCUT2D eigenvalue weighted by molar-refractivity contribution is -0.145. The Kier molecular flexibility index (Phi) is 4.20. The van der Waals surface area contributed by atoms with E-state index in [0.717, 1.165) is 12.8 Å². The van der Waals surface area contributed by atoms with Crippen molar-refractivity contribution in [2.24, 2.45) is 17.8 Å². The van der Waals surface area contributed by atoms with Crippen LogP contribution in [-0.2, 0) is 19.6 Å². The highest BCUT2D eigenvalue weighted by Gasteiger charge is 2.45. The van der Waals surface area contributed by atoms with Gasteiger partial charge in [-0.2, -0.15) is 0 Å². The number of methoxy groups -OCH3 is 1. The Balaban J connectivity index is 2.07. The number of carbonyl (C=O) groups is 1. The Hall–Kier alpha value is -0.620. The van der Waals surface area contributed by atoms with Crippen molar-refractivity contribution in [1.82, 2.24) is 4.31 Å². The number of sulfonamides is 1. The van der Waals surface area contributed by atoms with Gasteiger partial charge in [-0.25, -0.2) is 12.7 Å². The first-order valence-electron chi connectivity index (χ1n) is 6.91. The fraction of sp³-hybridized carbons (Fsp3) is 0.923. The molecule has 19 heavy (non-hydrogen) atoms. The highest BCUT2D eigenvalue weighted by Crippen LogP contribution is 2.40. The standard InChI is InChI=1S/C13H23NO4S/c1-9-7-10(9)8-14(2)19(16,17)12-6-4-5-11(12)13(15)18-3/h9-12H,4-8H2,1-3H3. The molecule has 2 aliphatic carbocycles. The molecular weight excluding hydrogens is 266 g/mol. The number of hydrogen-bond donors (Lipinski definition) is 0. The molecule has 4 atom stereocenters. The normalized spacial score (nSPS) is 34.5. The third-order valence-corrected chi connectivity index (χ3v) is 6.89. The van der Waals surface area contributed by atoms with Crippen molar-refractivity contribution >= 4 is 16.0 Å². The molecule has 2 aliphatic rings. The van der Waals surface area contributed by atoms with Gasteiger partial charge in [0.25, 0.3) is 0 Å². The maximum Gasteiger partial charge on any atom is 0.310 e. The van der Waals surface area contributed by atoms with E-state index in [1.54, 1.807) is 7.05 Å². The number of nitrogens with zero attached hydrogens (tertiary/aromatic N) is 1. The van der Waals surface area contributed by atoms with Gasteiger partial charge in [0.2, 0.25) is 10.0 Å². The molecule has 0 N–H and O–H groups in total. The van der Waals surface area contributed by atoms with Crippen LogP contribution in [0.15, 0.2) is 0 Å². The monoisotopic (exact) mass is 289 g/mol. The summed E-state index contributed by atoms with van der Waals surface area (Å²) >= 11 is 0. The summed E-state index contributed by atoms with van der Waals surface area (Å²) in [6.45, 7) is 2.71. The lowest BCUT2D eigenvalue weighted by Gasteiger charge is -2.24. The molecule has 2 rings (SSSR count). The summed E-state index contributed by atoms with van der Waals surface area (Å²) in [5, 5.41) is -0.598. The molecule has 0 spiro atoms. The average Bonchev–Trinajstić information content (AvgIpc) is 2.87. The van der Waals surface area contributed by atoms with Crippen molar-refractivity contribution in [3.63, 3.8) is 0 Å². The molecule has 0 aliphatic heterocycles. The summed E-state index contributed by atoms with van der Waals surface area (Å²) in [7, 11) is -0.438. The maximum atomic E-state index is 12.6. The Morgan fingerprint density at radius 1 is 1.37 bits per heavy atom. The fourth-order valence-electron chi connectivity index (χ4n) is 3.02. The molecule has 0 heterocycles. The summed E-state index contributed by atoms with van der Waals surface area (Å²) in [6.07, 6.45) is 3.05. The van der Waals surface area contributed by atoms with Gasteiger partial charge in [-0.1, -0.05) is 13.3 Å². The Morgan fingerprint density at radius 3 is 2.53 bits per heavy atom. The minimum atomic E-state index is -3.39. The van der Waals surface area contributed by atoms with Gasteiger partial charge < -0.3 is 4.74 Å². The van der Waals surface area contributed by atoms with Crippen molar-refractivity contribution in [2.75, 3.05) is 20.7 Å². The van der Waals surface area contributed by atoms with E-state index in [0.29, 0.717) is 31.2 Å². The Morgan fingerprint density at radius 2 is 2.00 bits per heavy atom. The van der Waals surface area contributed by atoms with E-state index >= 15 is 0 Å². The summed E-state index contributed by atoms with van der Waals surface area (Å²) in [4.78, 5) is 11.7. The molecule has 2 saturated carbocycles. The second kappa shape index (κ2) is 5.40. The average molecular weight is 289 g/mol. The first kappa shape index (κ1) is 14.8. The minimum Gasteiger partial charge on any atom is -0.469 e. The molecule has 5 nitrogen and oxygen atoms in total. The van der Waals surface area contributed by atoms with Crippen LogP contribution in [0.2, 0.25) is 0 Å². The number of hydrogen-bond acceptors (Lipinski definition) is 4. The van der Waals surface area contributed by atoms with Crippen LogP contribution in [-0.4, -0.2) is 44.6 Å². The molecule has 0 aromatic heterocycles. The quantitative estimate of drug-likeness (QED) is 0.714. The van der Waals surface area contributed by atoms with Crippen LogP contribution in [0.1, 0.15) is 32.6 Å². The predicted molar refractivity (Wildman–Crippen MR) is 72.0 cm³/mol. The van der Waals surface area contributed by atoms with Gasteiger partial charge in [-0.15, -0.1) is 0 Å². The first-order valence-corrected chi connectivity index (χ1v) is 8.41. The van der Waals surface area contributed by atoms with Crippen LogP contribution in [0.25, 0.3) is 0 Å². The van der Waals surface area contributed by atoms with Crippen molar-refractivity contribution in [3.8, 4) is 0 Å². The lowest BCUT2D eigenvalue weighted by Crippen LogP contribution is -2.41. The molecule has 6 heteroatoms. The van der Waals surface area contributed by atoms with Gasteiger partial charge in [0, 0.05) is 13.6 Å². The summed E-state index contributed by atoms with van der Waals surface area (Å²) in [5.74, 6) is 0.226. The van der Waals surface area contributed by atoms with E-state index in [1.807, 2.05) is 0 Å². The van der Waals surface area contributed by atoms with Crippen LogP contribution in [0, 0.1) is 17.8 Å². The SMILES string of the molecule is COC(=O)C1CCCC1S(=O)(=O)N(C)CC1CC1C. The summed E-state index contributed by atoms with van der Waals surface area (Å²) < 4.78 is 31.3. The molecular formula is C13H23NO4S. The number of ether oxygens (including phenoxy) is 1. The zero-order valence-electron chi connectivity index (χ0n) is 11.8. The lowest BCUT2D eigenvalue weighted by atomic mass is 10.1. The highest BCUT2D eigenvalue weighted by atomic mass is 32.2. The molecule has 0 radical (unpaired) electrons. The number of esters is 1. The smallest absolute Gasteiger partial charge is 0.310 e. The molecule has 110 valence electrons. The van der Waals surface area contributed by atoms with E-state index in [-0.39, 0.29) is 5.97 Å². The molecule has 0 aromatic rings. The van der Waals surface area contributed by atoms with Crippen LogP contribution in [0.4, 0.5) is 0 Å². The van der Waals surface area contributed by atoms with Gasteiger partial charge in [0.1, 0.15) is 0 Å². The first-order chi connectivity index (χ1) is 8.87. The third kappa shape index (κ3) is 2.94. The molecule has 0 amide bonds. The van der Waals surface area contributed by atoms with E-state index in [4.69, 9.17) is 4.74 Å². The zero-order valence-corrected chi connectivity index (χ0v) is 12.6. The van der Waals surface area contributed by atoms with Gasteiger partial charge >= 0.3 is 5.97 Å². The largest absolute Gasteiger partial charge is 0.469 e. The molecule has 4 unspecified atom stereocenters. The van der Waals surface area contributed by atoms with Gasteiger partial charge in [-0.05, 0) is 31.1 Å². The second-order valence-electron chi connectivity index (χ2n) is 5.90. The van der Waals surface area contributed by atoms with Crippen molar-refractivity contribution in [3.05, 3.63) is 0 Å². The highest BCUT2D eigenvalue weighted by molar-refractivity contribution is 7.89. The summed E-state index contributed by atoms with van der Waals surface area (Å²) in [6, 6.07) is 0. The Bertz CT molecular complexity index is 448. The third-order valence-electron chi connectivity index (χ3n) is 4.54. The van der Waals surface area contributed by atoms with Crippen LogP contribution < -0.4 is 0 Å². The summed E-state index contributed by atoms with van der Waals surface area (Å²) in [5.41, 5.74) is 0. The number of carbonyl (C=O) groups excluding carboxylic acids is 1. The predicted octanol–water partition coefficient (Wildman–Crippen LogP) is 1.25. The van der Waals surface area contributed by atoms with Crippen LogP contribution in [0.3, 0.4) is 0 Å². The Labute approximate surface area is 115 Å². The number of rotatable bonds is 5. The van der Waals surface area contributed by atoms with E-state index in [1.165, 1.54) is 11.4 Å². The van der Waals surface area contributed by atoms with Gasteiger partial charge in [0.05, 0.1) is 18.3 Å². The molecule has 0 aromatic carbocycles. The van der Waals surface area contributed by atoms with Crippen molar-refractivity contribution in [1.29, 1.82) is 0 Å². The molecule has 2 fully saturated rings. The van der Waals surface area contributed by atoms with Crippen molar-refractivity contribution < 1.29 is 17.9 Å². The second-order valence-corrected chi connectivity index (χ2v) is 8.16. The maximum absolute atomic E-state index is 12.6. The molecule has 0 saturated heterocycles. The van der Waals surface area contributed by atoms with Gasteiger partial charge in [0.15, 0.2) is 0 Å².